The summed E-state index contributed by atoms with van der Waals surface area (Å²) in [6.07, 6.45) is 0. The van der Waals surface area contributed by atoms with E-state index in [4.69, 9.17) is 5.73 Å². The highest BCUT2D eigenvalue weighted by Crippen LogP contribution is 2.17. The molecular formula is C17H28N4O. The first-order valence-corrected chi connectivity index (χ1v) is 7.96. The van der Waals surface area contributed by atoms with Crippen LogP contribution in [0.1, 0.15) is 19.4 Å². The molecule has 2 unspecified atom stereocenters. The van der Waals surface area contributed by atoms with Crippen molar-refractivity contribution in [1.29, 1.82) is 0 Å². The summed E-state index contributed by atoms with van der Waals surface area (Å²) < 4.78 is 0. The van der Waals surface area contributed by atoms with Crippen LogP contribution in [-0.2, 0) is 10.3 Å². The molecule has 1 aliphatic heterocycles. The zero-order valence-electron chi connectivity index (χ0n) is 13.9. The summed E-state index contributed by atoms with van der Waals surface area (Å²) in [7, 11) is 2.14. The van der Waals surface area contributed by atoms with Gasteiger partial charge in [-0.2, -0.15) is 0 Å². The molecule has 1 aromatic carbocycles. The second-order valence-corrected chi connectivity index (χ2v) is 6.55. The van der Waals surface area contributed by atoms with Gasteiger partial charge in [-0.1, -0.05) is 30.3 Å². The molecule has 0 bridgehead atoms. The summed E-state index contributed by atoms with van der Waals surface area (Å²) in [5.41, 5.74) is 6.08. The maximum Gasteiger partial charge on any atom is 0.244 e. The number of benzene rings is 1. The molecule has 122 valence electrons. The van der Waals surface area contributed by atoms with Crippen molar-refractivity contribution in [3.05, 3.63) is 35.9 Å². The minimum absolute atomic E-state index is 0.0856. The number of nitrogens with one attached hydrogen (secondary N) is 1. The normalized spacial score (nSPS) is 21.1. The van der Waals surface area contributed by atoms with Crippen LogP contribution in [0.3, 0.4) is 0 Å². The van der Waals surface area contributed by atoms with Gasteiger partial charge in [0.15, 0.2) is 0 Å². The molecule has 1 fully saturated rings. The maximum atomic E-state index is 12.5. The largest absolute Gasteiger partial charge is 0.350 e. The Morgan fingerprint density at radius 3 is 2.45 bits per heavy atom. The lowest BCUT2D eigenvalue weighted by molar-refractivity contribution is -0.126. The topological polar surface area (TPSA) is 61.6 Å². The fourth-order valence-electron chi connectivity index (χ4n) is 2.75. The van der Waals surface area contributed by atoms with Crippen LogP contribution in [0.25, 0.3) is 0 Å². The number of hydrogen-bond donors (Lipinski definition) is 2. The number of amides is 1. The lowest BCUT2D eigenvalue weighted by Crippen LogP contribution is -2.55. The van der Waals surface area contributed by atoms with E-state index in [1.165, 1.54) is 0 Å². The van der Waals surface area contributed by atoms with E-state index < -0.39 is 5.54 Å². The smallest absolute Gasteiger partial charge is 0.244 e. The van der Waals surface area contributed by atoms with Crippen LogP contribution in [0.4, 0.5) is 0 Å². The van der Waals surface area contributed by atoms with Gasteiger partial charge < -0.3 is 16.0 Å². The van der Waals surface area contributed by atoms with Crippen LogP contribution >= 0.6 is 0 Å². The van der Waals surface area contributed by atoms with Crippen molar-refractivity contribution in [3.8, 4) is 0 Å². The number of piperazine rings is 1. The van der Waals surface area contributed by atoms with Crippen molar-refractivity contribution in [2.24, 2.45) is 5.73 Å². The van der Waals surface area contributed by atoms with Crippen molar-refractivity contribution >= 4 is 5.91 Å². The van der Waals surface area contributed by atoms with Gasteiger partial charge >= 0.3 is 0 Å². The van der Waals surface area contributed by atoms with Crippen molar-refractivity contribution in [1.82, 2.24) is 15.1 Å². The summed E-state index contributed by atoms with van der Waals surface area (Å²) in [5.74, 6) is -0.125. The zero-order chi connectivity index (χ0) is 16.2. The number of hydrogen-bond acceptors (Lipinski definition) is 4. The molecule has 0 spiro atoms. The molecule has 22 heavy (non-hydrogen) atoms. The van der Waals surface area contributed by atoms with Crippen LogP contribution < -0.4 is 11.1 Å². The minimum atomic E-state index is -1.00. The number of nitrogens with zero attached hydrogens (tertiary/aromatic N) is 2. The molecule has 1 aliphatic rings. The average molecular weight is 304 g/mol. The SMILES string of the molecule is CC(CN1CCN(C)CC1)NC(=O)C(C)(N)c1ccccc1. The van der Waals surface area contributed by atoms with Gasteiger partial charge in [0.25, 0.3) is 0 Å². The van der Waals surface area contributed by atoms with E-state index >= 15 is 0 Å². The molecule has 0 radical (unpaired) electrons. The minimum Gasteiger partial charge on any atom is -0.350 e. The average Bonchev–Trinajstić information content (AvgIpc) is 2.50. The molecule has 3 N–H and O–H groups in total. The number of nitrogens with two attached hydrogens (primary N) is 1. The van der Waals surface area contributed by atoms with Crippen molar-refractivity contribution < 1.29 is 4.79 Å². The van der Waals surface area contributed by atoms with Gasteiger partial charge in [-0.25, -0.2) is 0 Å². The Hall–Kier alpha value is -1.43. The van der Waals surface area contributed by atoms with Crippen LogP contribution in [0.2, 0.25) is 0 Å². The molecule has 1 heterocycles. The van der Waals surface area contributed by atoms with Gasteiger partial charge in [-0.3, -0.25) is 9.69 Å². The number of carbonyl (C=O) groups excluding carboxylic acids is 1. The van der Waals surface area contributed by atoms with E-state index in [-0.39, 0.29) is 11.9 Å². The molecule has 5 nitrogen and oxygen atoms in total. The third-order valence-electron chi connectivity index (χ3n) is 4.35. The first kappa shape index (κ1) is 16.9. The first-order chi connectivity index (χ1) is 10.4. The van der Waals surface area contributed by atoms with Crippen LogP contribution in [0.15, 0.2) is 30.3 Å². The van der Waals surface area contributed by atoms with E-state index in [1.807, 2.05) is 37.3 Å². The summed E-state index contributed by atoms with van der Waals surface area (Å²) in [6.45, 7) is 8.94. The molecular weight excluding hydrogens is 276 g/mol. The molecule has 5 heteroatoms. The third-order valence-corrected chi connectivity index (χ3v) is 4.35. The molecule has 0 aromatic heterocycles. The summed E-state index contributed by atoms with van der Waals surface area (Å²) >= 11 is 0. The molecule has 0 saturated carbocycles. The van der Waals surface area contributed by atoms with Crippen molar-refractivity contribution in [2.75, 3.05) is 39.8 Å². The van der Waals surface area contributed by atoms with Gasteiger partial charge in [-0.15, -0.1) is 0 Å². The van der Waals surface area contributed by atoms with Gasteiger partial charge in [0, 0.05) is 38.8 Å². The fourth-order valence-corrected chi connectivity index (χ4v) is 2.75. The number of rotatable bonds is 5. The van der Waals surface area contributed by atoms with Gasteiger partial charge in [0.05, 0.1) is 0 Å². The highest BCUT2D eigenvalue weighted by molar-refractivity contribution is 5.87. The van der Waals surface area contributed by atoms with Crippen LogP contribution in [-0.4, -0.2) is 61.5 Å². The molecule has 2 atom stereocenters. The lowest BCUT2D eigenvalue weighted by atomic mass is 9.92. The van der Waals surface area contributed by atoms with E-state index in [1.54, 1.807) is 6.92 Å². The quantitative estimate of drug-likeness (QED) is 0.837. The van der Waals surface area contributed by atoms with Gasteiger partial charge in [0.1, 0.15) is 5.54 Å². The second-order valence-electron chi connectivity index (χ2n) is 6.55. The number of carbonyl (C=O) groups is 1. The van der Waals surface area contributed by atoms with Crippen molar-refractivity contribution in [2.45, 2.75) is 25.4 Å². The number of likely N-dealkylation sites (N-methyl/N-ethyl adjacent to an activating group) is 1. The Kier molecular flexibility index (Phi) is 5.56. The fraction of sp³-hybridized carbons (Fsp3) is 0.588. The van der Waals surface area contributed by atoms with E-state index in [0.29, 0.717) is 0 Å². The van der Waals surface area contributed by atoms with Crippen LogP contribution in [0, 0.1) is 0 Å². The van der Waals surface area contributed by atoms with Gasteiger partial charge in [-0.05, 0) is 26.5 Å². The van der Waals surface area contributed by atoms with E-state index in [9.17, 15) is 4.79 Å². The maximum absolute atomic E-state index is 12.5. The molecule has 1 saturated heterocycles. The van der Waals surface area contributed by atoms with E-state index in [0.717, 1.165) is 38.3 Å². The molecule has 1 amide bonds. The Labute approximate surface area is 133 Å². The summed E-state index contributed by atoms with van der Waals surface area (Å²) in [6, 6.07) is 9.61. The molecule has 1 aromatic rings. The van der Waals surface area contributed by atoms with E-state index in [2.05, 4.69) is 22.2 Å². The zero-order valence-corrected chi connectivity index (χ0v) is 13.9. The Balaban J connectivity index is 1.88. The Morgan fingerprint density at radius 2 is 1.86 bits per heavy atom. The third kappa shape index (κ3) is 4.29. The van der Waals surface area contributed by atoms with Gasteiger partial charge in [0.2, 0.25) is 5.91 Å². The molecule has 2 rings (SSSR count). The van der Waals surface area contributed by atoms with Crippen molar-refractivity contribution in [3.63, 3.8) is 0 Å². The monoisotopic (exact) mass is 304 g/mol. The second kappa shape index (κ2) is 7.22. The molecule has 0 aliphatic carbocycles. The highest BCUT2D eigenvalue weighted by atomic mass is 16.2. The standard InChI is InChI=1S/C17H28N4O/c1-14(13-21-11-9-20(3)10-12-21)19-16(22)17(2,18)15-7-5-4-6-8-15/h4-8,14H,9-13,18H2,1-3H3,(H,19,22). The van der Waals surface area contributed by atoms with Crippen LogP contribution in [0.5, 0.6) is 0 Å². The Bertz CT molecular complexity index is 481. The highest BCUT2D eigenvalue weighted by Gasteiger charge is 2.31. The summed E-state index contributed by atoms with van der Waals surface area (Å²) in [5, 5.41) is 3.06. The summed E-state index contributed by atoms with van der Waals surface area (Å²) in [4.78, 5) is 17.2. The first-order valence-electron chi connectivity index (χ1n) is 7.96. The predicted molar refractivity (Wildman–Crippen MR) is 89.5 cm³/mol. The lowest BCUT2D eigenvalue weighted by Gasteiger charge is -2.34. The Morgan fingerprint density at radius 1 is 1.27 bits per heavy atom. The predicted octanol–water partition coefficient (Wildman–Crippen LogP) is 0.613.